The number of anilines is 1. The van der Waals surface area contributed by atoms with Gasteiger partial charge >= 0.3 is 0 Å². The van der Waals surface area contributed by atoms with E-state index < -0.39 is 0 Å². The van der Waals surface area contributed by atoms with Gasteiger partial charge in [-0.3, -0.25) is 4.90 Å². The number of nitrogens with zero attached hydrogens (tertiary/aromatic N) is 2. The summed E-state index contributed by atoms with van der Waals surface area (Å²) in [4.78, 5) is 5.07. The van der Waals surface area contributed by atoms with Crippen molar-refractivity contribution in [3.63, 3.8) is 0 Å². The zero-order valence-electron chi connectivity index (χ0n) is 18.8. The van der Waals surface area contributed by atoms with Crippen molar-refractivity contribution in [3.8, 4) is 11.5 Å². The maximum absolute atomic E-state index is 6.19. The SMILES string of the molecule is C=C(C)COCC(CN1c2ccccc2OCC1c1ccccc1OC)N1CCCC1. The highest BCUT2D eigenvalue weighted by Gasteiger charge is 2.34. The Morgan fingerprint density at radius 2 is 1.87 bits per heavy atom. The van der Waals surface area contributed by atoms with Crippen molar-refractivity contribution in [1.82, 2.24) is 4.90 Å². The molecule has 0 spiro atoms. The van der Waals surface area contributed by atoms with Crippen LogP contribution in [-0.4, -0.2) is 57.5 Å². The average Bonchev–Trinajstić information content (AvgIpc) is 3.33. The molecule has 31 heavy (non-hydrogen) atoms. The van der Waals surface area contributed by atoms with Gasteiger partial charge in [0.1, 0.15) is 18.1 Å². The highest BCUT2D eigenvalue weighted by Crippen LogP contribution is 2.41. The van der Waals surface area contributed by atoms with Gasteiger partial charge in [0.05, 0.1) is 38.1 Å². The summed E-state index contributed by atoms with van der Waals surface area (Å²) in [5, 5.41) is 0. The van der Waals surface area contributed by atoms with Crippen LogP contribution in [0.3, 0.4) is 0 Å². The number of hydrogen-bond acceptors (Lipinski definition) is 5. The number of fused-ring (bicyclic) bond motifs is 1. The van der Waals surface area contributed by atoms with Crippen LogP contribution < -0.4 is 14.4 Å². The van der Waals surface area contributed by atoms with E-state index >= 15 is 0 Å². The molecular weight excluding hydrogens is 388 g/mol. The first-order valence-corrected chi connectivity index (χ1v) is 11.2. The van der Waals surface area contributed by atoms with E-state index in [1.54, 1.807) is 7.11 Å². The molecule has 2 heterocycles. The second-order valence-electron chi connectivity index (χ2n) is 8.56. The van der Waals surface area contributed by atoms with E-state index in [-0.39, 0.29) is 6.04 Å². The first-order valence-electron chi connectivity index (χ1n) is 11.2. The molecule has 1 saturated heterocycles. The highest BCUT2D eigenvalue weighted by atomic mass is 16.5. The number of likely N-dealkylation sites (tertiary alicyclic amines) is 1. The topological polar surface area (TPSA) is 34.2 Å². The van der Waals surface area contributed by atoms with Gasteiger partial charge in [0.15, 0.2) is 0 Å². The molecule has 2 aliphatic rings. The summed E-state index contributed by atoms with van der Waals surface area (Å²) in [6.45, 7) is 11.0. The van der Waals surface area contributed by atoms with Gasteiger partial charge in [0.25, 0.3) is 0 Å². The molecule has 0 radical (unpaired) electrons. The monoisotopic (exact) mass is 422 g/mol. The fraction of sp³-hybridized carbons (Fsp3) is 0.462. The molecule has 0 bridgehead atoms. The van der Waals surface area contributed by atoms with Gasteiger partial charge < -0.3 is 19.1 Å². The lowest BCUT2D eigenvalue weighted by Gasteiger charge is -2.42. The number of hydrogen-bond donors (Lipinski definition) is 0. The lowest BCUT2D eigenvalue weighted by molar-refractivity contribution is 0.0821. The van der Waals surface area contributed by atoms with E-state index in [1.165, 1.54) is 12.8 Å². The molecular formula is C26H34N2O3. The maximum atomic E-state index is 6.19. The Bertz CT molecular complexity index is 878. The normalized spacial score (nSPS) is 19.5. The van der Waals surface area contributed by atoms with Crippen molar-refractivity contribution >= 4 is 5.69 Å². The van der Waals surface area contributed by atoms with E-state index in [1.807, 2.05) is 25.1 Å². The molecule has 0 saturated carbocycles. The van der Waals surface area contributed by atoms with Crippen LogP contribution in [0.25, 0.3) is 0 Å². The minimum absolute atomic E-state index is 0.0808. The third-order valence-electron chi connectivity index (χ3n) is 6.17. The van der Waals surface area contributed by atoms with E-state index in [0.717, 1.165) is 48.0 Å². The Balaban J connectivity index is 1.65. The lowest BCUT2D eigenvalue weighted by atomic mass is 10.0. The van der Waals surface area contributed by atoms with Crippen LogP contribution in [0.2, 0.25) is 0 Å². The third-order valence-corrected chi connectivity index (χ3v) is 6.17. The summed E-state index contributed by atoms with van der Waals surface area (Å²) in [5.41, 5.74) is 3.35. The van der Waals surface area contributed by atoms with Crippen LogP contribution >= 0.6 is 0 Å². The quantitative estimate of drug-likeness (QED) is 0.548. The van der Waals surface area contributed by atoms with Crippen molar-refractivity contribution in [2.24, 2.45) is 0 Å². The van der Waals surface area contributed by atoms with Crippen molar-refractivity contribution in [2.45, 2.75) is 31.8 Å². The first kappa shape index (κ1) is 21.7. The number of methoxy groups -OCH3 is 1. The summed E-state index contributed by atoms with van der Waals surface area (Å²) in [7, 11) is 1.74. The van der Waals surface area contributed by atoms with Gasteiger partial charge in [0, 0.05) is 12.1 Å². The molecule has 0 aliphatic carbocycles. The fourth-order valence-corrected chi connectivity index (χ4v) is 4.64. The van der Waals surface area contributed by atoms with Crippen molar-refractivity contribution in [1.29, 1.82) is 0 Å². The molecule has 2 aromatic carbocycles. The standard InChI is InChI=1S/C26H34N2O3/c1-20(2)17-30-18-21(27-14-8-9-15-27)16-28-23-11-5-7-13-26(23)31-19-24(28)22-10-4-6-12-25(22)29-3/h4-7,10-13,21,24H,1,8-9,14-19H2,2-3H3. The smallest absolute Gasteiger partial charge is 0.142 e. The predicted molar refractivity (Wildman–Crippen MR) is 125 cm³/mol. The molecule has 2 atom stereocenters. The summed E-state index contributed by atoms with van der Waals surface area (Å²) in [5.74, 6) is 1.84. The van der Waals surface area contributed by atoms with Gasteiger partial charge in [-0.1, -0.05) is 42.5 Å². The molecule has 5 heteroatoms. The zero-order valence-corrected chi connectivity index (χ0v) is 18.8. The van der Waals surface area contributed by atoms with Gasteiger partial charge in [-0.25, -0.2) is 0 Å². The highest BCUT2D eigenvalue weighted by molar-refractivity contribution is 5.62. The number of ether oxygens (including phenoxy) is 3. The number of rotatable bonds is 9. The molecule has 0 N–H and O–H groups in total. The summed E-state index contributed by atoms with van der Waals surface area (Å²) >= 11 is 0. The Kier molecular flexibility index (Phi) is 7.15. The molecule has 0 aromatic heterocycles. The van der Waals surface area contributed by atoms with Gasteiger partial charge in [-0.05, 0) is 51.1 Å². The second-order valence-corrected chi connectivity index (χ2v) is 8.56. The van der Waals surface area contributed by atoms with Crippen molar-refractivity contribution in [3.05, 3.63) is 66.2 Å². The van der Waals surface area contributed by atoms with E-state index in [0.29, 0.717) is 25.9 Å². The molecule has 2 aromatic rings. The third kappa shape index (κ3) is 5.05. The fourth-order valence-electron chi connectivity index (χ4n) is 4.64. The van der Waals surface area contributed by atoms with Gasteiger partial charge in [-0.2, -0.15) is 0 Å². The van der Waals surface area contributed by atoms with E-state index in [4.69, 9.17) is 14.2 Å². The van der Waals surface area contributed by atoms with E-state index in [9.17, 15) is 0 Å². The van der Waals surface area contributed by atoms with Crippen LogP contribution in [0, 0.1) is 0 Å². The Morgan fingerprint density at radius 3 is 2.65 bits per heavy atom. The average molecular weight is 423 g/mol. The summed E-state index contributed by atoms with van der Waals surface area (Å²) < 4.78 is 18.0. The van der Waals surface area contributed by atoms with Crippen molar-refractivity contribution < 1.29 is 14.2 Å². The first-order chi connectivity index (χ1) is 15.2. The maximum Gasteiger partial charge on any atom is 0.142 e. The number of benzene rings is 2. The Hall–Kier alpha value is -2.50. The summed E-state index contributed by atoms with van der Waals surface area (Å²) in [6, 6.07) is 17.0. The van der Waals surface area contributed by atoms with Crippen LogP contribution in [0.15, 0.2) is 60.7 Å². The predicted octanol–water partition coefficient (Wildman–Crippen LogP) is 4.69. The van der Waals surface area contributed by atoms with Crippen LogP contribution in [0.5, 0.6) is 11.5 Å². The molecule has 4 rings (SSSR count). The summed E-state index contributed by atoms with van der Waals surface area (Å²) in [6.07, 6.45) is 2.51. The second kappa shape index (κ2) is 10.2. The van der Waals surface area contributed by atoms with Crippen LogP contribution in [-0.2, 0) is 4.74 Å². The molecule has 1 fully saturated rings. The van der Waals surface area contributed by atoms with Crippen LogP contribution in [0.1, 0.15) is 31.4 Å². The van der Waals surface area contributed by atoms with E-state index in [2.05, 4.69) is 46.7 Å². The largest absolute Gasteiger partial charge is 0.496 e. The molecule has 0 amide bonds. The molecule has 2 aliphatic heterocycles. The van der Waals surface area contributed by atoms with Crippen LogP contribution in [0.4, 0.5) is 5.69 Å². The van der Waals surface area contributed by atoms with Gasteiger partial charge in [-0.15, -0.1) is 0 Å². The van der Waals surface area contributed by atoms with Gasteiger partial charge in [0.2, 0.25) is 0 Å². The minimum Gasteiger partial charge on any atom is -0.496 e. The molecule has 5 nitrogen and oxygen atoms in total. The lowest BCUT2D eigenvalue weighted by Crippen LogP contribution is -2.49. The Labute approximate surface area is 186 Å². The molecule has 2 unspecified atom stereocenters. The Morgan fingerprint density at radius 1 is 1.13 bits per heavy atom. The molecule has 166 valence electrons. The van der Waals surface area contributed by atoms with Crippen molar-refractivity contribution in [2.75, 3.05) is 51.5 Å². The minimum atomic E-state index is 0.0808. The number of para-hydroxylation sites is 3. The zero-order chi connectivity index (χ0) is 21.6.